The number of piperidine rings is 1. The van der Waals surface area contributed by atoms with E-state index in [2.05, 4.69) is 0 Å². The minimum atomic E-state index is -4.69. The molecule has 0 aromatic heterocycles. The number of halogens is 3. The van der Waals surface area contributed by atoms with E-state index >= 15 is 0 Å². The lowest BCUT2D eigenvalue weighted by Crippen LogP contribution is -2.34. The lowest BCUT2D eigenvalue weighted by molar-refractivity contribution is -0.137. The lowest BCUT2D eigenvalue weighted by Gasteiger charge is -2.20. The Morgan fingerprint density at radius 2 is 1.76 bits per heavy atom. The number of carboxylic acids is 1. The van der Waals surface area contributed by atoms with Crippen molar-refractivity contribution in [3.63, 3.8) is 0 Å². The molecule has 2 fully saturated rings. The highest BCUT2D eigenvalue weighted by molar-refractivity contribution is 6.26. The number of nitrogens with zero attached hydrogens (tertiary/aromatic N) is 1. The van der Waals surface area contributed by atoms with Crippen LogP contribution in [0, 0.1) is 11.8 Å². The van der Waals surface area contributed by atoms with Crippen molar-refractivity contribution in [1.29, 1.82) is 0 Å². The van der Waals surface area contributed by atoms with Crippen LogP contribution in [-0.2, 0) is 15.8 Å². The van der Waals surface area contributed by atoms with E-state index in [0.29, 0.717) is 23.5 Å². The molecule has 0 radical (unpaired) electrons. The number of carbonyl (C=O) groups is 3. The summed E-state index contributed by atoms with van der Waals surface area (Å²) in [5.74, 6) is -3.80. The molecule has 2 amide bonds. The van der Waals surface area contributed by atoms with Gasteiger partial charge < -0.3 is 5.11 Å². The van der Waals surface area contributed by atoms with E-state index in [0.717, 1.165) is 6.07 Å². The zero-order valence-electron chi connectivity index (χ0n) is 10.3. The molecule has 2 aliphatic rings. The van der Waals surface area contributed by atoms with Gasteiger partial charge in [0.1, 0.15) is 0 Å². The van der Waals surface area contributed by atoms with Crippen molar-refractivity contribution >= 4 is 23.5 Å². The largest absolute Gasteiger partial charge is 0.478 e. The molecule has 110 valence electrons. The van der Waals surface area contributed by atoms with Gasteiger partial charge in [-0.05, 0) is 24.6 Å². The Hall–Kier alpha value is -2.38. The highest BCUT2D eigenvalue weighted by Gasteiger charge is 2.59. The molecule has 1 N–H and O–H groups in total. The van der Waals surface area contributed by atoms with Crippen molar-refractivity contribution in [3.05, 3.63) is 29.3 Å². The number of hydrogen-bond donors (Lipinski definition) is 1. The van der Waals surface area contributed by atoms with Crippen LogP contribution in [0.5, 0.6) is 0 Å². The Kier molecular flexibility index (Phi) is 2.63. The molecule has 1 saturated carbocycles. The smallest absolute Gasteiger partial charge is 0.416 e. The van der Waals surface area contributed by atoms with E-state index in [1.807, 2.05) is 0 Å². The van der Waals surface area contributed by atoms with Gasteiger partial charge in [0.05, 0.1) is 28.7 Å². The van der Waals surface area contributed by atoms with Gasteiger partial charge in [-0.15, -0.1) is 0 Å². The summed E-state index contributed by atoms with van der Waals surface area (Å²) in [6.45, 7) is 0. The molecule has 1 aliphatic carbocycles. The van der Waals surface area contributed by atoms with Gasteiger partial charge in [-0.2, -0.15) is 13.2 Å². The predicted molar refractivity (Wildman–Crippen MR) is 62.5 cm³/mol. The van der Waals surface area contributed by atoms with Gasteiger partial charge in [0.2, 0.25) is 11.8 Å². The number of anilines is 1. The van der Waals surface area contributed by atoms with Crippen LogP contribution in [0.1, 0.15) is 22.3 Å². The molecule has 2 atom stereocenters. The summed E-state index contributed by atoms with van der Waals surface area (Å²) < 4.78 is 38.2. The number of carbonyl (C=O) groups excluding carboxylic acids is 2. The van der Waals surface area contributed by atoms with Crippen molar-refractivity contribution in [1.82, 2.24) is 0 Å². The Morgan fingerprint density at radius 3 is 2.24 bits per heavy atom. The van der Waals surface area contributed by atoms with Gasteiger partial charge in [0.25, 0.3) is 0 Å². The van der Waals surface area contributed by atoms with E-state index in [-0.39, 0.29) is 0 Å². The van der Waals surface area contributed by atoms with Crippen molar-refractivity contribution in [3.8, 4) is 0 Å². The highest BCUT2D eigenvalue weighted by atomic mass is 19.4. The van der Waals surface area contributed by atoms with E-state index in [9.17, 15) is 27.6 Å². The van der Waals surface area contributed by atoms with Crippen molar-refractivity contribution < 1.29 is 32.7 Å². The minimum Gasteiger partial charge on any atom is -0.478 e. The van der Waals surface area contributed by atoms with Gasteiger partial charge in [-0.25, -0.2) is 9.69 Å². The van der Waals surface area contributed by atoms with Crippen LogP contribution in [0.15, 0.2) is 18.2 Å². The number of benzene rings is 1. The number of rotatable bonds is 2. The molecule has 0 spiro atoms. The molecule has 1 saturated heterocycles. The van der Waals surface area contributed by atoms with Gasteiger partial charge >= 0.3 is 12.1 Å². The fourth-order valence-corrected chi connectivity index (χ4v) is 2.49. The van der Waals surface area contributed by atoms with E-state index < -0.39 is 52.6 Å². The molecule has 3 rings (SSSR count). The van der Waals surface area contributed by atoms with Gasteiger partial charge in [-0.1, -0.05) is 0 Å². The normalized spacial score (nSPS) is 24.2. The summed E-state index contributed by atoms with van der Waals surface area (Å²) in [6, 6.07) is 1.90. The summed E-state index contributed by atoms with van der Waals surface area (Å²) in [5, 5.41) is 9.04. The maximum Gasteiger partial charge on any atom is 0.416 e. The zero-order valence-corrected chi connectivity index (χ0v) is 10.3. The number of amides is 2. The van der Waals surface area contributed by atoms with Crippen molar-refractivity contribution in [2.45, 2.75) is 12.6 Å². The average molecular weight is 299 g/mol. The number of aromatic carboxylic acids is 1. The summed E-state index contributed by atoms with van der Waals surface area (Å²) in [6.07, 6.45) is -4.31. The maximum absolute atomic E-state index is 12.7. The van der Waals surface area contributed by atoms with Crippen LogP contribution in [0.3, 0.4) is 0 Å². The van der Waals surface area contributed by atoms with E-state index in [1.165, 1.54) is 0 Å². The average Bonchev–Trinajstić information content (AvgIpc) is 3.13. The number of carboxylic acid groups (broad SMARTS) is 1. The molecule has 1 aromatic rings. The third kappa shape index (κ3) is 1.98. The maximum atomic E-state index is 12.7. The third-order valence-corrected chi connectivity index (χ3v) is 3.66. The first-order valence-corrected chi connectivity index (χ1v) is 6.04. The summed E-state index contributed by atoms with van der Waals surface area (Å²) in [5.41, 5.74) is -2.13. The molecule has 5 nitrogen and oxygen atoms in total. The number of imide groups is 1. The Morgan fingerprint density at radius 1 is 1.19 bits per heavy atom. The molecule has 0 bridgehead atoms. The first-order chi connectivity index (χ1) is 9.71. The summed E-state index contributed by atoms with van der Waals surface area (Å²) in [4.78, 5) is 35.5. The monoisotopic (exact) mass is 299 g/mol. The second kappa shape index (κ2) is 4.06. The second-order valence-electron chi connectivity index (χ2n) is 5.00. The first-order valence-electron chi connectivity index (χ1n) is 6.04. The standard InChI is InChI=1S/C13H8F3NO4/c14-13(15,16)5-1-2-6(12(20)21)9(3-5)17-10(18)7-4-8(7)11(17)19/h1-3,7-8H,4H2,(H,20,21). The zero-order chi connectivity index (χ0) is 15.5. The molecule has 2 unspecified atom stereocenters. The molecule has 1 heterocycles. The highest BCUT2D eigenvalue weighted by Crippen LogP contribution is 2.49. The molecule has 21 heavy (non-hydrogen) atoms. The minimum absolute atomic E-state index is 0.384. The lowest BCUT2D eigenvalue weighted by atomic mass is 10.1. The molecule has 1 aromatic carbocycles. The molecular formula is C13H8F3NO4. The quantitative estimate of drug-likeness (QED) is 0.847. The van der Waals surface area contributed by atoms with Gasteiger partial charge in [0, 0.05) is 0 Å². The Balaban J connectivity index is 2.13. The third-order valence-electron chi connectivity index (χ3n) is 3.66. The number of hydrogen-bond acceptors (Lipinski definition) is 3. The number of alkyl halides is 3. The van der Waals surface area contributed by atoms with Crippen LogP contribution >= 0.6 is 0 Å². The Labute approximate surface area is 116 Å². The molecule has 8 heteroatoms. The predicted octanol–water partition coefficient (Wildman–Crippen LogP) is 1.91. The Bertz CT molecular complexity index is 662. The SMILES string of the molecule is O=C(O)c1ccc(C(F)(F)F)cc1N1C(=O)C2CC2C1=O. The second-order valence-corrected chi connectivity index (χ2v) is 5.00. The van der Waals surface area contributed by atoms with Gasteiger partial charge in [-0.3, -0.25) is 9.59 Å². The fraction of sp³-hybridized carbons (Fsp3) is 0.308. The molecule has 1 aliphatic heterocycles. The van der Waals surface area contributed by atoms with Crippen LogP contribution in [0.4, 0.5) is 18.9 Å². The summed E-state index contributed by atoms with van der Waals surface area (Å²) >= 11 is 0. The van der Waals surface area contributed by atoms with Crippen LogP contribution in [0.25, 0.3) is 0 Å². The van der Waals surface area contributed by atoms with E-state index in [4.69, 9.17) is 5.11 Å². The molecular weight excluding hydrogens is 291 g/mol. The number of fused-ring (bicyclic) bond motifs is 1. The summed E-state index contributed by atoms with van der Waals surface area (Å²) in [7, 11) is 0. The van der Waals surface area contributed by atoms with Gasteiger partial charge in [0.15, 0.2) is 0 Å². The topological polar surface area (TPSA) is 74.7 Å². The van der Waals surface area contributed by atoms with Crippen LogP contribution in [0.2, 0.25) is 0 Å². The van der Waals surface area contributed by atoms with Crippen LogP contribution in [-0.4, -0.2) is 22.9 Å². The van der Waals surface area contributed by atoms with E-state index in [1.54, 1.807) is 0 Å². The first kappa shape index (κ1) is 13.6. The van der Waals surface area contributed by atoms with Crippen molar-refractivity contribution in [2.75, 3.05) is 4.90 Å². The van der Waals surface area contributed by atoms with Crippen molar-refractivity contribution in [2.24, 2.45) is 11.8 Å². The van der Waals surface area contributed by atoms with Crippen LogP contribution < -0.4 is 4.90 Å². The fourth-order valence-electron chi connectivity index (χ4n) is 2.49.